The van der Waals surface area contributed by atoms with Gasteiger partial charge in [0.25, 0.3) is 5.91 Å². The molecule has 0 spiro atoms. The monoisotopic (exact) mass is 373 g/mol. The molecule has 0 aliphatic carbocycles. The molecule has 2 amide bonds. The highest BCUT2D eigenvalue weighted by atomic mass is 16.5. The molecule has 0 atom stereocenters. The topological polar surface area (TPSA) is 71.5 Å². The number of carbonyl (C=O) groups is 2. The van der Waals surface area contributed by atoms with Crippen molar-refractivity contribution in [2.45, 2.75) is 6.42 Å². The van der Waals surface area contributed by atoms with Crippen LogP contribution in [0.5, 0.6) is 11.6 Å². The van der Waals surface area contributed by atoms with Crippen molar-refractivity contribution in [2.24, 2.45) is 0 Å². The second kappa shape index (κ2) is 7.92. The highest BCUT2D eigenvalue weighted by Gasteiger charge is 2.29. The van der Waals surface area contributed by atoms with Crippen LogP contribution in [0.4, 0.5) is 5.69 Å². The van der Waals surface area contributed by atoms with Crippen LogP contribution >= 0.6 is 0 Å². The molecule has 6 heteroatoms. The van der Waals surface area contributed by atoms with Crippen LogP contribution in [0.2, 0.25) is 0 Å². The second-order valence-corrected chi connectivity index (χ2v) is 6.40. The van der Waals surface area contributed by atoms with E-state index in [-0.39, 0.29) is 18.4 Å². The molecule has 0 saturated carbocycles. The summed E-state index contributed by atoms with van der Waals surface area (Å²) in [5.41, 5.74) is 2.02. The van der Waals surface area contributed by atoms with Crippen LogP contribution in [-0.4, -0.2) is 29.9 Å². The Bertz CT molecular complexity index is 1000. The van der Waals surface area contributed by atoms with Crippen LogP contribution in [-0.2, 0) is 11.2 Å². The van der Waals surface area contributed by atoms with E-state index >= 15 is 0 Å². The Morgan fingerprint density at radius 1 is 1.00 bits per heavy atom. The Labute approximate surface area is 162 Å². The van der Waals surface area contributed by atoms with Crippen LogP contribution in [0.15, 0.2) is 72.9 Å². The number of anilines is 1. The summed E-state index contributed by atoms with van der Waals surface area (Å²) in [7, 11) is 0. The number of aromatic nitrogens is 1. The molecule has 0 radical (unpaired) electrons. The Morgan fingerprint density at radius 2 is 1.79 bits per heavy atom. The fourth-order valence-electron chi connectivity index (χ4n) is 3.11. The lowest BCUT2D eigenvalue weighted by Crippen LogP contribution is -2.41. The van der Waals surface area contributed by atoms with Gasteiger partial charge in [-0.15, -0.1) is 0 Å². The summed E-state index contributed by atoms with van der Waals surface area (Å²) in [6, 6.07) is 20.3. The molecular weight excluding hydrogens is 354 g/mol. The summed E-state index contributed by atoms with van der Waals surface area (Å²) >= 11 is 0. The molecule has 0 bridgehead atoms. The number of nitrogens with one attached hydrogen (secondary N) is 1. The number of hydrogen-bond acceptors (Lipinski definition) is 4. The van der Waals surface area contributed by atoms with Crippen molar-refractivity contribution in [2.75, 3.05) is 18.0 Å². The van der Waals surface area contributed by atoms with Gasteiger partial charge in [-0.05, 0) is 36.2 Å². The van der Waals surface area contributed by atoms with E-state index in [2.05, 4.69) is 10.3 Å². The van der Waals surface area contributed by atoms with Gasteiger partial charge in [0.15, 0.2) is 0 Å². The van der Waals surface area contributed by atoms with Crippen molar-refractivity contribution in [3.05, 3.63) is 84.1 Å². The van der Waals surface area contributed by atoms with E-state index in [1.807, 2.05) is 30.3 Å². The number of hydrogen-bond donors (Lipinski definition) is 1. The summed E-state index contributed by atoms with van der Waals surface area (Å²) in [5.74, 6) is 0.205. The number of ether oxygens (including phenoxy) is 1. The minimum Gasteiger partial charge on any atom is -0.436 e. The first-order chi connectivity index (χ1) is 13.7. The van der Waals surface area contributed by atoms with Crippen molar-refractivity contribution >= 4 is 17.5 Å². The van der Waals surface area contributed by atoms with Gasteiger partial charge < -0.3 is 10.1 Å². The number of para-hydroxylation sites is 1. The largest absolute Gasteiger partial charge is 0.436 e. The highest BCUT2D eigenvalue weighted by Crippen LogP contribution is 2.36. The summed E-state index contributed by atoms with van der Waals surface area (Å²) in [5, 5.41) is 2.88. The fraction of sp³-hybridized carbons (Fsp3) is 0.136. The van der Waals surface area contributed by atoms with E-state index < -0.39 is 0 Å². The van der Waals surface area contributed by atoms with Crippen molar-refractivity contribution in [1.29, 1.82) is 0 Å². The summed E-state index contributed by atoms with van der Waals surface area (Å²) < 4.78 is 5.82. The predicted molar refractivity (Wildman–Crippen MR) is 106 cm³/mol. The van der Waals surface area contributed by atoms with Gasteiger partial charge in [-0.25, -0.2) is 4.98 Å². The third kappa shape index (κ3) is 3.71. The van der Waals surface area contributed by atoms with Gasteiger partial charge >= 0.3 is 0 Å². The fourth-order valence-corrected chi connectivity index (χ4v) is 3.11. The third-order valence-corrected chi connectivity index (χ3v) is 4.49. The maximum atomic E-state index is 13.1. The molecule has 6 nitrogen and oxygen atoms in total. The zero-order chi connectivity index (χ0) is 19.3. The van der Waals surface area contributed by atoms with Gasteiger partial charge in [0.1, 0.15) is 18.0 Å². The molecule has 1 aliphatic rings. The minimum absolute atomic E-state index is 0.107. The van der Waals surface area contributed by atoms with E-state index in [1.54, 1.807) is 42.6 Å². The van der Waals surface area contributed by atoms with Gasteiger partial charge in [0.2, 0.25) is 11.8 Å². The molecule has 1 N–H and O–H groups in total. The average Bonchev–Trinajstić information content (AvgIpc) is 2.84. The molecule has 2 aromatic carbocycles. The van der Waals surface area contributed by atoms with Crippen molar-refractivity contribution < 1.29 is 14.3 Å². The summed E-state index contributed by atoms with van der Waals surface area (Å²) in [4.78, 5) is 31.2. The van der Waals surface area contributed by atoms with Gasteiger partial charge in [0.05, 0.1) is 5.56 Å². The predicted octanol–water partition coefficient (Wildman–Crippen LogP) is 3.19. The van der Waals surface area contributed by atoms with Crippen molar-refractivity contribution in [3.8, 4) is 11.6 Å². The number of nitrogens with zero attached hydrogens (tertiary/aromatic N) is 2. The first-order valence-corrected chi connectivity index (χ1v) is 9.07. The maximum absolute atomic E-state index is 13.1. The minimum atomic E-state index is -0.291. The zero-order valence-electron chi connectivity index (χ0n) is 15.2. The number of carbonyl (C=O) groups excluding carboxylic acids is 2. The van der Waals surface area contributed by atoms with Crippen LogP contribution in [0.1, 0.15) is 15.9 Å². The lowest BCUT2D eigenvalue weighted by atomic mass is 10.1. The highest BCUT2D eigenvalue weighted by molar-refractivity contribution is 6.11. The number of amides is 2. The standard InChI is InChI=1S/C22H19N3O3/c26-20(23-14-12-16-7-2-1-3-8-16)15-25-18-10-6-13-24-21(18)28-19-11-5-4-9-17(19)22(25)27/h1-11,13H,12,14-15H2,(H,23,26). The van der Waals surface area contributed by atoms with Gasteiger partial charge in [-0.2, -0.15) is 0 Å². The van der Waals surface area contributed by atoms with Crippen LogP contribution < -0.4 is 15.0 Å². The Morgan fingerprint density at radius 3 is 2.64 bits per heavy atom. The summed E-state index contributed by atoms with van der Waals surface area (Å²) in [6.45, 7) is 0.391. The van der Waals surface area contributed by atoms with Crippen LogP contribution in [0, 0.1) is 0 Å². The molecule has 3 aromatic rings. The van der Waals surface area contributed by atoms with E-state index in [9.17, 15) is 9.59 Å². The quantitative estimate of drug-likeness (QED) is 0.746. The molecular formula is C22H19N3O3. The van der Waals surface area contributed by atoms with Crippen LogP contribution in [0.25, 0.3) is 0 Å². The van der Waals surface area contributed by atoms with Gasteiger partial charge in [-0.3, -0.25) is 14.5 Å². The average molecular weight is 373 g/mol. The normalized spacial score (nSPS) is 12.4. The Balaban J connectivity index is 1.51. The van der Waals surface area contributed by atoms with Crippen molar-refractivity contribution in [3.63, 3.8) is 0 Å². The molecule has 0 unspecified atom stereocenters. The Hall–Kier alpha value is -3.67. The van der Waals surface area contributed by atoms with E-state index in [4.69, 9.17) is 4.74 Å². The van der Waals surface area contributed by atoms with E-state index in [1.165, 1.54) is 4.90 Å². The SMILES string of the molecule is O=C(CN1C(=O)c2ccccc2Oc2ncccc21)NCCc1ccccc1. The lowest BCUT2D eigenvalue weighted by molar-refractivity contribution is -0.119. The molecule has 140 valence electrons. The first-order valence-electron chi connectivity index (χ1n) is 9.07. The number of benzene rings is 2. The number of fused-ring (bicyclic) bond motifs is 2. The van der Waals surface area contributed by atoms with Gasteiger partial charge in [-0.1, -0.05) is 42.5 Å². The molecule has 0 saturated heterocycles. The second-order valence-electron chi connectivity index (χ2n) is 6.40. The first kappa shape index (κ1) is 17.7. The van der Waals surface area contributed by atoms with E-state index in [0.29, 0.717) is 29.4 Å². The molecule has 28 heavy (non-hydrogen) atoms. The van der Waals surface area contributed by atoms with E-state index in [0.717, 1.165) is 12.0 Å². The smallest absolute Gasteiger partial charge is 0.262 e. The lowest BCUT2D eigenvalue weighted by Gasteiger charge is -2.21. The van der Waals surface area contributed by atoms with Gasteiger partial charge in [0, 0.05) is 12.7 Å². The molecule has 0 fully saturated rings. The molecule has 2 heterocycles. The van der Waals surface area contributed by atoms with Crippen molar-refractivity contribution in [1.82, 2.24) is 10.3 Å². The summed E-state index contributed by atoms with van der Waals surface area (Å²) in [6.07, 6.45) is 2.32. The maximum Gasteiger partial charge on any atom is 0.262 e. The van der Waals surface area contributed by atoms with Crippen LogP contribution in [0.3, 0.4) is 0 Å². The molecule has 1 aromatic heterocycles. The zero-order valence-corrected chi connectivity index (χ0v) is 15.2. The third-order valence-electron chi connectivity index (χ3n) is 4.49. The number of rotatable bonds is 5. The number of pyridine rings is 1. The molecule has 1 aliphatic heterocycles. The molecule has 4 rings (SSSR count). The Kier molecular flexibility index (Phi) is 5.01.